The summed E-state index contributed by atoms with van der Waals surface area (Å²) in [6.45, 7) is 1.78. The van der Waals surface area contributed by atoms with Crippen molar-refractivity contribution < 1.29 is 28.5 Å². The lowest BCUT2D eigenvalue weighted by Gasteiger charge is -2.25. The van der Waals surface area contributed by atoms with Gasteiger partial charge in [-0.2, -0.15) is 10.5 Å². The van der Waals surface area contributed by atoms with E-state index in [9.17, 15) is 9.59 Å². The van der Waals surface area contributed by atoms with E-state index in [0.29, 0.717) is 37.6 Å². The van der Waals surface area contributed by atoms with E-state index in [4.69, 9.17) is 29.5 Å². The van der Waals surface area contributed by atoms with Crippen molar-refractivity contribution in [2.45, 2.75) is 44.9 Å². The average Bonchev–Trinajstić information content (AvgIpc) is 3.83. The third-order valence-electron chi connectivity index (χ3n) is 10.0. The number of esters is 2. The minimum absolute atomic E-state index is 0.0251. The molecule has 0 N–H and O–H groups in total. The van der Waals surface area contributed by atoms with Crippen molar-refractivity contribution in [3.8, 4) is 45.9 Å². The highest BCUT2D eigenvalue weighted by Crippen LogP contribution is 2.49. The van der Waals surface area contributed by atoms with Gasteiger partial charge in [0.15, 0.2) is 0 Å². The zero-order valence-corrected chi connectivity index (χ0v) is 29.8. The molecule has 0 heterocycles. The molecule has 1 saturated carbocycles. The molecule has 0 spiro atoms. The summed E-state index contributed by atoms with van der Waals surface area (Å²) in [4.78, 5) is 26.3. The second kappa shape index (κ2) is 18.6. The lowest BCUT2D eigenvalue weighted by Crippen LogP contribution is -2.35. The fourth-order valence-corrected chi connectivity index (χ4v) is 7.11. The summed E-state index contributed by atoms with van der Waals surface area (Å²) < 4.78 is 23.1. The van der Waals surface area contributed by atoms with Gasteiger partial charge in [-0.15, -0.1) is 0 Å². The molecule has 53 heavy (non-hydrogen) atoms. The smallest absolute Gasteiger partial charge is 0.310 e. The molecule has 4 aromatic carbocycles. The molecule has 0 radical (unpaired) electrons. The summed E-state index contributed by atoms with van der Waals surface area (Å²) in [6, 6.07) is 35.0. The Balaban J connectivity index is 0.826. The van der Waals surface area contributed by atoms with Crippen molar-refractivity contribution in [2.75, 3.05) is 26.4 Å². The maximum Gasteiger partial charge on any atom is 0.310 e. The number of allylic oxidation sites excluding steroid dienone is 2. The van der Waals surface area contributed by atoms with Crippen molar-refractivity contribution in [1.82, 2.24) is 0 Å². The first kappa shape index (κ1) is 36.9. The third-order valence-corrected chi connectivity index (χ3v) is 10.0. The number of carbonyl (C=O) groups excluding carboxylic acids is 2. The number of nitrogens with zero attached hydrogens (tertiary/aromatic N) is 2. The molecule has 2 bridgehead atoms. The summed E-state index contributed by atoms with van der Waals surface area (Å²) in [5, 5.41) is 18.0. The molecule has 8 nitrogen and oxygen atoms in total. The highest BCUT2D eigenvalue weighted by Gasteiger charge is 2.53. The largest absolute Gasteiger partial charge is 0.494 e. The number of unbranched alkanes of at least 4 members (excludes halogenated alkanes) is 4. The molecule has 270 valence electrons. The first-order valence-corrected chi connectivity index (χ1v) is 18.5. The Morgan fingerprint density at radius 2 is 0.830 bits per heavy atom. The van der Waals surface area contributed by atoms with Crippen molar-refractivity contribution in [3.05, 3.63) is 120 Å². The minimum atomic E-state index is -0.482. The number of nitriles is 2. The number of hydrogen-bond acceptors (Lipinski definition) is 8. The predicted octanol–water partition coefficient (Wildman–Crippen LogP) is 9.09. The fourth-order valence-electron chi connectivity index (χ4n) is 7.11. The predicted molar refractivity (Wildman–Crippen MR) is 202 cm³/mol. The number of rotatable bonds is 18. The van der Waals surface area contributed by atoms with Crippen LogP contribution in [0.3, 0.4) is 0 Å². The number of carbonyl (C=O) groups is 2. The number of fused-ring (bicyclic) bond motifs is 2. The van der Waals surface area contributed by atoms with Crippen LogP contribution in [0.1, 0.15) is 56.1 Å². The Bertz CT molecular complexity index is 1780. The maximum atomic E-state index is 13.1. The van der Waals surface area contributed by atoms with Gasteiger partial charge in [0.05, 0.1) is 61.5 Å². The second-order valence-electron chi connectivity index (χ2n) is 13.6. The maximum absolute atomic E-state index is 13.1. The topological polar surface area (TPSA) is 119 Å². The monoisotopic (exact) mass is 708 g/mol. The molecule has 8 heteroatoms. The first-order chi connectivity index (χ1) is 26.0. The zero-order chi connectivity index (χ0) is 36.8. The molecule has 0 aromatic heterocycles. The van der Waals surface area contributed by atoms with E-state index >= 15 is 0 Å². The Kier molecular flexibility index (Phi) is 12.9. The van der Waals surface area contributed by atoms with Crippen LogP contribution in [0, 0.1) is 46.3 Å². The molecule has 4 aromatic rings. The SMILES string of the molecule is N#Cc1ccc(-c2ccc(OCCCCCOC(=O)C3C4C=CC(C4)C3C(=O)OCCCCCOc3ccc(-c4ccc(C#N)cc4)cc3)cc2)cc1. The summed E-state index contributed by atoms with van der Waals surface area (Å²) in [5.74, 6) is 0.0764. The molecule has 6 rings (SSSR count). The van der Waals surface area contributed by atoms with Crippen molar-refractivity contribution in [2.24, 2.45) is 23.7 Å². The van der Waals surface area contributed by atoms with Gasteiger partial charge in [-0.05, 0) is 128 Å². The van der Waals surface area contributed by atoms with Crippen LogP contribution >= 0.6 is 0 Å². The highest BCUT2D eigenvalue weighted by molar-refractivity contribution is 5.84. The van der Waals surface area contributed by atoms with Gasteiger partial charge in [0.1, 0.15) is 11.5 Å². The standard InChI is InChI=1S/C45H44N2O6/c46-30-32-7-11-34(12-8-32)36-17-21-40(22-18-36)50-25-3-1-5-27-52-44(48)42-38-15-16-39(29-38)43(42)45(49)53-28-6-2-4-26-51-41-23-19-37(20-24-41)35-13-9-33(31-47)10-14-35/h7-24,38-39,42-43H,1-6,25-29H2. The van der Waals surface area contributed by atoms with Crippen LogP contribution in [-0.2, 0) is 19.1 Å². The molecule has 0 saturated heterocycles. The number of hydrogen-bond donors (Lipinski definition) is 0. The third kappa shape index (κ3) is 9.93. The van der Waals surface area contributed by atoms with E-state index in [1.54, 1.807) is 0 Å². The minimum Gasteiger partial charge on any atom is -0.494 e. The molecule has 2 aliphatic rings. The van der Waals surface area contributed by atoms with E-state index in [-0.39, 0.29) is 23.8 Å². The van der Waals surface area contributed by atoms with Gasteiger partial charge >= 0.3 is 11.9 Å². The molecule has 1 fully saturated rings. The van der Waals surface area contributed by atoms with Gasteiger partial charge in [-0.3, -0.25) is 9.59 Å². The van der Waals surface area contributed by atoms with Gasteiger partial charge in [-0.25, -0.2) is 0 Å². The molecule has 4 atom stereocenters. The molecule has 4 unspecified atom stereocenters. The number of benzene rings is 4. The summed E-state index contributed by atoms with van der Waals surface area (Å²) in [7, 11) is 0. The van der Waals surface area contributed by atoms with Gasteiger partial charge in [0.2, 0.25) is 0 Å². The van der Waals surface area contributed by atoms with Crippen LogP contribution in [0.5, 0.6) is 11.5 Å². The Hall–Kier alpha value is -5.86. The molecular weight excluding hydrogens is 665 g/mol. The quantitative estimate of drug-likeness (QED) is 0.0571. The Morgan fingerprint density at radius 1 is 0.491 bits per heavy atom. The second-order valence-corrected chi connectivity index (χ2v) is 13.6. The molecule has 2 aliphatic carbocycles. The highest BCUT2D eigenvalue weighted by atomic mass is 16.5. The molecule has 0 aliphatic heterocycles. The van der Waals surface area contributed by atoms with Crippen LogP contribution < -0.4 is 9.47 Å². The first-order valence-electron chi connectivity index (χ1n) is 18.5. The van der Waals surface area contributed by atoms with E-state index in [2.05, 4.69) is 24.3 Å². The van der Waals surface area contributed by atoms with Crippen LogP contribution in [0.15, 0.2) is 109 Å². The van der Waals surface area contributed by atoms with E-state index in [1.165, 1.54) is 0 Å². The lowest BCUT2D eigenvalue weighted by molar-refractivity contribution is -0.161. The number of ether oxygens (including phenoxy) is 4. The van der Waals surface area contributed by atoms with Crippen LogP contribution in [0.4, 0.5) is 0 Å². The zero-order valence-electron chi connectivity index (χ0n) is 29.8. The summed E-state index contributed by atoms with van der Waals surface area (Å²) >= 11 is 0. The van der Waals surface area contributed by atoms with E-state index < -0.39 is 11.8 Å². The summed E-state index contributed by atoms with van der Waals surface area (Å²) in [5.41, 5.74) is 5.49. The van der Waals surface area contributed by atoms with Crippen molar-refractivity contribution in [1.29, 1.82) is 10.5 Å². The molecular formula is C45H44N2O6. The molecule has 0 amide bonds. The van der Waals surface area contributed by atoms with Gasteiger partial charge in [0, 0.05) is 0 Å². The van der Waals surface area contributed by atoms with Crippen molar-refractivity contribution in [3.63, 3.8) is 0 Å². The van der Waals surface area contributed by atoms with Crippen LogP contribution in [0.25, 0.3) is 22.3 Å². The van der Waals surface area contributed by atoms with Gasteiger partial charge in [0.25, 0.3) is 0 Å². The Labute approximate surface area is 311 Å². The lowest BCUT2D eigenvalue weighted by atomic mass is 9.83. The van der Waals surface area contributed by atoms with Gasteiger partial charge < -0.3 is 18.9 Å². The van der Waals surface area contributed by atoms with E-state index in [0.717, 1.165) is 78.7 Å². The Morgan fingerprint density at radius 3 is 1.19 bits per heavy atom. The summed E-state index contributed by atoms with van der Waals surface area (Å²) in [6.07, 6.45) is 9.73. The van der Waals surface area contributed by atoms with Gasteiger partial charge in [-0.1, -0.05) is 60.7 Å². The fraction of sp³-hybridized carbons (Fsp3) is 0.333. The van der Waals surface area contributed by atoms with E-state index in [1.807, 2.05) is 97.1 Å². The van der Waals surface area contributed by atoms with Crippen LogP contribution in [-0.4, -0.2) is 38.4 Å². The van der Waals surface area contributed by atoms with Crippen molar-refractivity contribution >= 4 is 11.9 Å². The normalized spacial score (nSPS) is 18.2. The average molecular weight is 709 g/mol. The van der Waals surface area contributed by atoms with Crippen LogP contribution in [0.2, 0.25) is 0 Å².